The molecule has 0 bridgehead atoms. The number of benzene rings is 1. The van der Waals surface area contributed by atoms with Crippen LogP contribution in [0.15, 0.2) is 42.1 Å². The second kappa shape index (κ2) is 5.05. The number of ether oxygens (including phenoxy) is 1. The summed E-state index contributed by atoms with van der Waals surface area (Å²) < 4.78 is 5.21. The highest BCUT2D eigenvalue weighted by atomic mass is 16.6. The van der Waals surface area contributed by atoms with Crippen molar-refractivity contribution in [1.29, 1.82) is 0 Å². The largest absolute Gasteiger partial charge is 0.497 e. The Kier molecular flexibility index (Phi) is 3.25. The van der Waals surface area contributed by atoms with Gasteiger partial charge in [-0.3, -0.25) is 4.90 Å². The number of likely N-dealkylation sites (tertiary alicyclic amines) is 1. The lowest BCUT2D eigenvalue weighted by atomic mass is 9.98. The van der Waals surface area contributed by atoms with Crippen LogP contribution in [-0.2, 0) is 4.84 Å². The molecule has 2 aliphatic heterocycles. The van der Waals surface area contributed by atoms with E-state index in [0.717, 1.165) is 24.6 Å². The van der Waals surface area contributed by atoms with Crippen LogP contribution in [0, 0.1) is 5.92 Å². The van der Waals surface area contributed by atoms with Crippen LogP contribution in [0.1, 0.15) is 11.6 Å². The Balaban J connectivity index is 1.91. The quantitative estimate of drug-likeness (QED) is 0.777. The molecule has 0 aromatic heterocycles. The van der Waals surface area contributed by atoms with E-state index in [-0.39, 0.29) is 6.04 Å². The zero-order chi connectivity index (χ0) is 13.2. The Hall–Kier alpha value is -1.81. The third-order valence-corrected chi connectivity index (χ3v) is 3.76. The zero-order valence-electron chi connectivity index (χ0n) is 11.1. The fourth-order valence-electron chi connectivity index (χ4n) is 2.87. The van der Waals surface area contributed by atoms with Gasteiger partial charge in [-0.2, -0.15) is 0 Å². The molecule has 0 aliphatic carbocycles. The van der Waals surface area contributed by atoms with Crippen LogP contribution in [0.5, 0.6) is 5.75 Å². The lowest BCUT2D eigenvalue weighted by Gasteiger charge is -2.23. The van der Waals surface area contributed by atoms with Gasteiger partial charge in [-0.05, 0) is 17.7 Å². The lowest BCUT2D eigenvalue weighted by molar-refractivity contribution is 0.138. The Bertz CT molecular complexity index is 495. The average Bonchev–Trinajstić information content (AvgIpc) is 3.00. The molecule has 0 amide bonds. The van der Waals surface area contributed by atoms with Crippen molar-refractivity contribution in [1.82, 2.24) is 4.90 Å². The molecule has 0 radical (unpaired) electrons. The van der Waals surface area contributed by atoms with E-state index in [9.17, 15) is 0 Å². The summed E-state index contributed by atoms with van der Waals surface area (Å²) in [5.74, 6) is 1.30. The molecule has 3 rings (SSSR count). The summed E-state index contributed by atoms with van der Waals surface area (Å²) in [5.41, 5.74) is 2.38. The fraction of sp³-hybridized carbons (Fsp3) is 0.400. The fourth-order valence-corrected chi connectivity index (χ4v) is 2.87. The molecular formula is C15H18N2O2. The van der Waals surface area contributed by atoms with Gasteiger partial charge in [0, 0.05) is 13.1 Å². The summed E-state index contributed by atoms with van der Waals surface area (Å²) in [5, 5.41) is 4.24. The Labute approximate surface area is 113 Å². The second-order valence-corrected chi connectivity index (χ2v) is 4.93. The van der Waals surface area contributed by atoms with Crippen molar-refractivity contribution in [2.24, 2.45) is 11.1 Å². The van der Waals surface area contributed by atoms with Gasteiger partial charge in [-0.15, -0.1) is 6.58 Å². The molecule has 0 saturated carbocycles. The summed E-state index contributed by atoms with van der Waals surface area (Å²) in [7, 11) is 1.68. The van der Waals surface area contributed by atoms with Crippen molar-refractivity contribution in [3.63, 3.8) is 0 Å². The van der Waals surface area contributed by atoms with Gasteiger partial charge in [-0.1, -0.05) is 23.4 Å². The van der Waals surface area contributed by atoms with Gasteiger partial charge < -0.3 is 9.57 Å². The summed E-state index contributed by atoms with van der Waals surface area (Å²) in [6.07, 6.45) is 1.94. The number of rotatable bonds is 4. The molecule has 1 saturated heterocycles. The first-order valence-electron chi connectivity index (χ1n) is 6.52. The van der Waals surface area contributed by atoms with Crippen molar-refractivity contribution in [3.8, 4) is 5.75 Å². The second-order valence-electron chi connectivity index (χ2n) is 4.93. The highest BCUT2D eigenvalue weighted by Crippen LogP contribution is 2.36. The number of oxime groups is 1. The molecule has 4 nitrogen and oxygen atoms in total. The Morgan fingerprint density at radius 3 is 2.95 bits per heavy atom. The van der Waals surface area contributed by atoms with Crippen LogP contribution < -0.4 is 4.74 Å². The predicted octanol–water partition coefficient (Wildman–Crippen LogP) is 2.24. The minimum absolute atomic E-state index is 0.205. The molecule has 1 fully saturated rings. The van der Waals surface area contributed by atoms with Gasteiger partial charge in [-0.25, -0.2) is 0 Å². The van der Waals surface area contributed by atoms with Crippen molar-refractivity contribution < 1.29 is 9.57 Å². The molecule has 0 N–H and O–H groups in total. The van der Waals surface area contributed by atoms with Gasteiger partial charge in [0.15, 0.2) is 0 Å². The van der Waals surface area contributed by atoms with Crippen molar-refractivity contribution in [2.45, 2.75) is 6.04 Å². The van der Waals surface area contributed by atoms with Crippen molar-refractivity contribution in [3.05, 3.63) is 42.5 Å². The van der Waals surface area contributed by atoms with Crippen molar-refractivity contribution >= 4 is 5.71 Å². The van der Waals surface area contributed by atoms with E-state index in [1.165, 1.54) is 5.56 Å². The average molecular weight is 258 g/mol. The molecule has 2 atom stereocenters. The Morgan fingerprint density at radius 2 is 2.26 bits per heavy atom. The van der Waals surface area contributed by atoms with E-state index in [0.29, 0.717) is 12.5 Å². The standard InChI is InChI=1S/C15H18N2O2/c1-3-8-17-9-12-10-19-16-14(12)15(17)11-4-6-13(18-2)7-5-11/h3-7,12,15H,1,8-10H2,2H3/t12-,15-/m0/s1. The van der Waals surface area contributed by atoms with Crippen LogP contribution in [0.25, 0.3) is 0 Å². The summed E-state index contributed by atoms with van der Waals surface area (Å²) >= 11 is 0. The first-order valence-corrected chi connectivity index (χ1v) is 6.52. The molecule has 100 valence electrons. The molecule has 2 heterocycles. The third kappa shape index (κ3) is 2.12. The minimum atomic E-state index is 0.205. The van der Waals surface area contributed by atoms with E-state index >= 15 is 0 Å². The first-order chi connectivity index (χ1) is 9.33. The lowest BCUT2D eigenvalue weighted by Crippen LogP contribution is -2.26. The van der Waals surface area contributed by atoms with Gasteiger partial charge in [0.05, 0.1) is 24.8 Å². The highest BCUT2D eigenvalue weighted by Gasteiger charge is 2.42. The summed E-state index contributed by atoms with van der Waals surface area (Å²) in [4.78, 5) is 7.64. The highest BCUT2D eigenvalue weighted by molar-refractivity contribution is 5.95. The molecule has 1 aromatic rings. The molecule has 1 aromatic carbocycles. The van der Waals surface area contributed by atoms with Crippen molar-refractivity contribution in [2.75, 3.05) is 26.8 Å². The van der Waals surface area contributed by atoms with Gasteiger partial charge in [0.25, 0.3) is 0 Å². The number of hydrogen-bond acceptors (Lipinski definition) is 4. The summed E-state index contributed by atoms with van der Waals surface area (Å²) in [6.45, 7) is 6.40. The van der Waals surface area contributed by atoms with Gasteiger partial charge >= 0.3 is 0 Å². The predicted molar refractivity (Wildman–Crippen MR) is 74.4 cm³/mol. The van der Waals surface area contributed by atoms with E-state index < -0.39 is 0 Å². The topological polar surface area (TPSA) is 34.1 Å². The van der Waals surface area contributed by atoms with Crippen LogP contribution in [-0.4, -0.2) is 37.4 Å². The van der Waals surface area contributed by atoms with E-state index in [1.54, 1.807) is 7.11 Å². The van der Waals surface area contributed by atoms with E-state index in [2.05, 4.69) is 28.8 Å². The normalized spacial score (nSPS) is 25.6. The Morgan fingerprint density at radius 1 is 1.47 bits per heavy atom. The van der Waals surface area contributed by atoms with Gasteiger partial charge in [0.1, 0.15) is 12.4 Å². The van der Waals surface area contributed by atoms with Crippen LogP contribution in [0.4, 0.5) is 0 Å². The van der Waals surface area contributed by atoms with Gasteiger partial charge in [0.2, 0.25) is 0 Å². The minimum Gasteiger partial charge on any atom is -0.497 e. The molecule has 19 heavy (non-hydrogen) atoms. The number of nitrogens with zero attached hydrogens (tertiary/aromatic N) is 2. The smallest absolute Gasteiger partial charge is 0.126 e. The van der Waals surface area contributed by atoms with Crippen LogP contribution >= 0.6 is 0 Å². The van der Waals surface area contributed by atoms with Crippen LogP contribution in [0.2, 0.25) is 0 Å². The van der Waals surface area contributed by atoms with Crippen LogP contribution in [0.3, 0.4) is 0 Å². The molecule has 4 heteroatoms. The number of hydrogen-bond donors (Lipinski definition) is 0. The molecule has 0 spiro atoms. The number of methoxy groups -OCH3 is 1. The maximum atomic E-state index is 5.25. The maximum Gasteiger partial charge on any atom is 0.126 e. The van der Waals surface area contributed by atoms with E-state index in [1.807, 2.05) is 18.2 Å². The molecular weight excluding hydrogens is 240 g/mol. The van der Waals surface area contributed by atoms with E-state index in [4.69, 9.17) is 9.57 Å². The summed E-state index contributed by atoms with van der Waals surface area (Å²) in [6, 6.07) is 8.39. The third-order valence-electron chi connectivity index (χ3n) is 3.76. The zero-order valence-corrected chi connectivity index (χ0v) is 11.1. The SMILES string of the molecule is C=CCN1C[C@H]2CON=C2[C@@H]1c1ccc(OC)cc1. The number of fused-ring (bicyclic) bond motifs is 1. The molecule has 2 aliphatic rings. The monoisotopic (exact) mass is 258 g/mol. The maximum absolute atomic E-state index is 5.25. The first kappa shape index (κ1) is 12.2. The molecule has 0 unspecified atom stereocenters.